The number of anilines is 2. The molecule has 0 spiro atoms. The van der Waals surface area contributed by atoms with Gasteiger partial charge in [-0.15, -0.1) is 0 Å². The lowest BCUT2D eigenvalue weighted by Crippen LogP contribution is -2.12. The molecule has 32 heavy (non-hydrogen) atoms. The minimum Gasteiger partial charge on any atom is -0.497 e. The summed E-state index contributed by atoms with van der Waals surface area (Å²) in [7, 11) is 1.18. The number of rotatable bonds is 8. The first kappa shape index (κ1) is 21.7. The van der Waals surface area contributed by atoms with Crippen molar-refractivity contribution in [1.82, 2.24) is 14.3 Å². The highest BCUT2D eigenvalue weighted by atomic mass is 32.2. The molecule has 0 aliphatic carbocycles. The lowest BCUT2D eigenvalue weighted by molar-refractivity contribution is 0.395. The average molecular weight is 453 g/mol. The molecule has 0 saturated carbocycles. The van der Waals surface area contributed by atoms with Gasteiger partial charge in [-0.25, -0.2) is 12.4 Å². The van der Waals surface area contributed by atoms with Crippen LogP contribution >= 0.6 is 0 Å². The zero-order valence-corrected chi connectivity index (χ0v) is 18.8. The van der Waals surface area contributed by atoms with Gasteiger partial charge in [-0.1, -0.05) is 6.07 Å². The minimum atomic E-state index is -3.82. The second-order valence-corrected chi connectivity index (χ2v) is 8.95. The lowest BCUT2D eigenvalue weighted by atomic mass is 10.1. The van der Waals surface area contributed by atoms with Crippen molar-refractivity contribution in [2.75, 3.05) is 26.6 Å². The van der Waals surface area contributed by atoms with E-state index in [0.29, 0.717) is 23.6 Å². The third-order valence-corrected chi connectivity index (χ3v) is 6.71. The van der Waals surface area contributed by atoms with Crippen LogP contribution in [-0.4, -0.2) is 38.6 Å². The van der Waals surface area contributed by atoms with Gasteiger partial charge in [0.15, 0.2) is 0 Å². The predicted molar refractivity (Wildman–Crippen MR) is 124 cm³/mol. The number of nitrogens with one attached hydrogen (secondary N) is 2. The molecule has 2 heterocycles. The van der Waals surface area contributed by atoms with Crippen LogP contribution in [-0.2, 0) is 16.6 Å². The molecule has 2 aromatic carbocycles. The third-order valence-electron chi connectivity index (χ3n) is 5.05. The highest BCUT2D eigenvalue weighted by Gasteiger charge is 2.21. The Kier molecular flexibility index (Phi) is 6.02. The zero-order chi connectivity index (χ0) is 22.7. The number of hydrogen-bond acceptors (Lipinski definition) is 7. The van der Waals surface area contributed by atoms with Crippen LogP contribution in [0.25, 0.3) is 10.9 Å². The summed E-state index contributed by atoms with van der Waals surface area (Å²) in [4.78, 5) is 4.09. The van der Waals surface area contributed by atoms with Gasteiger partial charge in [0.05, 0.1) is 19.7 Å². The topological polar surface area (TPSA) is 94.5 Å². The van der Waals surface area contributed by atoms with Crippen LogP contribution in [0, 0.1) is 0 Å². The molecule has 0 unspecified atom stereocenters. The summed E-state index contributed by atoms with van der Waals surface area (Å²) >= 11 is 0. The fraction of sp³-hybridized carbons (Fsp3) is 0.174. The summed E-state index contributed by atoms with van der Waals surface area (Å²) in [5.41, 5.74) is 2.93. The Bertz CT molecular complexity index is 1330. The van der Waals surface area contributed by atoms with Gasteiger partial charge in [-0.2, -0.15) is 0 Å². The maximum absolute atomic E-state index is 13.4. The van der Waals surface area contributed by atoms with Gasteiger partial charge >= 0.3 is 0 Å². The number of methoxy groups -OCH3 is 2. The quantitative estimate of drug-likeness (QED) is 0.420. The Hall–Kier alpha value is -3.56. The molecule has 9 heteroatoms. The normalized spacial score (nSPS) is 11.5. The number of hydrogen-bond donors (Lipinski definition) is 2. The second kappa shape index (κ2) is 8.89. The van der Waals surface area contributed by atoms with Crippen molar-refractivity contribution in [3.05, 3.63) is 72.7 Å². The summed E-state index contributed by atoms with van der Waals surface area (Å²) in [6.07, 6.45) is 4.55. The van der Waals surface area contributed by atoms with Crippen molar-refractivity contribution in [2.45, 2.75) is 11.4 Å². The van der Waals surface area contributed by atoms with E-state index in [-0.39, 0.29) is 4.90 Å². The molecule has 2 N–H and O–H groups in total. The molecular formula is C23H24N4O4S. The maximum Gasteiger partial charge on any atom is 0.269 e. The summed E-state index contributed by atoms with van der Waals surface area (Å²) in [6, 6.07) is 14.2. The third kappa shape index (κ3) is 4.12. The molecular weight excluding hydrogens is 428 g/mol. The van der Waals surface area contributed by atoms with Gasteiger partial charge in [0.2, 0.25) is 0 Å². The minimum absolute atomic E-state index is 0.129. The van der Waals surface area contributed by atoms with Crippen molar-refractivity contribution in [1.29, 1.82) is 0 Å². The Morgan fingerprint density at radius 1 is 1.00 bits per heavy atom. The molecule has 0 atom stereocenters. The molecule has 0 amide bonds. The summed E-state index contributed by atoms with van der Waals surface area (Å²) in [5.74, 6) is 1.29. The summed E-state index contributed by atoms with van der Waals surface area (Å²) in [6.45, 7) is 0.534. The summed E-state index contributed by atoms with van der Waals surface area (Å²) < 4.78 is 38.7. The zero-order valence-electron chi connectivity index (χ0n) is 18.0. The van der Waals surface area contributed by atoms with Crippen LogP contribution in [0.1, 0.15) is 5.56 Å². The van der Waals surface area contributed by atoms with Gasteiger partial charge in [-0.05, 0) is 36.9 Å². The van der Waals surface area contributed by atoms with E-state index in [9.17, 15) is 8.42 Å². The lowest BCUT2D eigenvalue weighted by Gasteiger charge is -2.12. The van der Waals surface area contributed by atoms with E-state index < -0.39 is 10.0 Å². The van der Waals surface area contributed by atoms with Crippen LogP contribution in [0.5, 0.6) is 11.5 Å². The van der Waals surface area contributed by atoms with Gasteiger partial charge in [0.1, 0.15) is 16.4 Å². The standard InChI is InChI=1S/C23H24N4O4S/c1-24-13-16-15-27(32(28,29)21-5-4-8-25-14-21)23-11-17(6-7-22(16)23)26-18-9-19(30-2)12-20(10-18)31-3/h4-12,14-15,24,26H,13H2,1-3H3. The van der Waals surface area contributed by atoms with Gasteiger partial charge in [0.25, 0.3) is 10.0 Å². The van der Waals surface area contributed by atoms with E-state index in [4.69, 9.17) is 9.47 Å². The van der Waals surface area contributed by atoms with Crippen LogP contribution in [0.3, 0.4) is 0 Å². The largest absolute Gasteiger partial charge is 0.497 e. The fourth-order valence-corrected chi connectivity index (χ4v) is 4.88. The number of pyridine rings is 1. The predicted octanol–water partition coefficient (Wildman–Crippen LogP) is 3.75. The van der Waals surface area contributed by atoms with Crippen molar-refractivity contribution in [3.8, 4) is 11.5 Å². The molecule has 8 nitrogen and oxygen atoms in total. The maximum atomic E-state index is 13.4. The highest BCUT2D eigenvalue weighted by Crippen LogP contribution is 2.32. The van der Waals surface area contributed by atoms with Crippen LogP contribution < -0.4 is 20.1 Å². The van der Waals surface area contributed by atoms with Gasteiger partial charge in [-0.3, -0.25) is 4.98 Å². The molecule has 0 radical (unpaired) electrons. The molecule has 166 valence electrons. The number of fused-ring (bicyclic) bond motifs is 1. The molecule has 0 fully saturated rings. The Labute approximate surface area is 186 Å². The number of ether oxygens (including phenoxy) is 2. The van der Waals surface area contributed by atoms with E-state index in [1.807, 2.05) is 37.4 Å². The molecule has 0 bridgehead atoms. The van der Waals surface area contributed by atoms with Crippen molar-refractivity contribution in [3.63, 3.8) is 0 Å². The van der Waals surface area contributed by atoms with E-state index in [1.54, 1.807) is 38.7 Å². The monoisotopic (exact) mass is 452 g/mol. The van der Waals surface area contributed by atoms with E-state index >= 15 is 0 Å². The van der Waals surface area contributed by atoms with Crippen LogP contribution in [0.15, 0.2) is 72.0 Å². The van der Waals surface area contributed by atoms with Crippen molar-refractivity contribution < 1.29 is 17.9 Å². The average Bonchev–Trinajstić information content (AvgIpc) is 3.18. The van der Waals surface area contributed by atoms with E-state index in [2.05, 4.69) is 15.6 Å². The summed E-state index contributed by atoms with van der Waals surface area (Å²) in [5, 5.41) is 7.25. The van der Waals surface area contributed by atoms with E-state index in [1.165, 1.54) is 16.2 Å². The van der Waals surface area contributed by atoms with Gasteiger partial charge in [0, 0.05) is 60.1 Å². The first-order valence-corrected chi connectivity index (χ1v) is 11.3. The van der Waals surface area contributed by atoms with Crippen molar-refractivity contribution >= 4 is 32.3 Å². The first-order chi connectivity index (χ1) is 15.5. The van der Waals surface area contributed by atoms with E-state index in [0.717, 1.165) is 22.3 Å². The number of nitrogens with zero attached hydrogens (tertiary/aromatic N) is 2. The SMILES string of the molecule is CNCc1cn(S(=O)(=O)c2cccnc2)c2cc(Nc3cc(OC)cc(OC)c3)ccc12. The van der Waals surface area contributed by atoms with Gasteiger partial charge < -0.3 is 20.1 Å². The number of aromatic nitrogens is 2. The molecule has 0 saturated heterocycles. The Morgan fingerprint density at radius 2 is 1.75 bits per heavy atom. The smallest absolute Gasteiger partial charge is 0.269 e. The fourth-order valence-electron chi connectivity index (χ4n) is 3.53. The van der Waals surface area contributed by atoms with Crippen LogP contribution in [0.4, 0.5) is 11.4 Å². The molecule has 4 aromatic rings. The Morgan fingerprint density at radius 3 is 2.38 bits per heavy atom. The number of benzene rings is 2. The van der Waals surface area contributed by atoms with Crippen molar-refractivity contribution in [2.24, 2.45) is 0 Å². The second-order valence-electron chi connectivity index (χ2n) is 7.13. The molecule has 0 aliphatic heterocycles. The van der Waals surface area contributed by atoms with Crippen LogP contribution in [0.2, 0.25) is 0 Å². The molecule has 0 aliphatic rings. The Balaban J connectivity index is 1.82. The highest BCUT2D eigenvalue weighted by molar-refractivity contribution is 7.90. The molecule has 2 aromatic heterocycles. The first-order valence-electron chi connectivity index (χ1n) is 9.90. The molecule has 4 rings (SSSR count).